The van der Waals surface area contributed by atoms with Gasteiger partial charge in [-0.15, -0.1) is 10.2 Å². The second-order valence-electron chi connectivity index (χ2n) is 4.28. The van der Waals surface area contributed by atoms with Gasteiger partial charge in [0, 0.05) is 10.6 Å². The van der Waals surface area contributed by atoms with E-state index in [1.807, 2.05) is 0 Å². The first kappa shape index (κ1) is 15.8. The summed E-state index contributed by atoms with van der Waals surface area (Å²) in [4.78, 5) is 37.5. The molecule has 8 heteroatoms. The zero-order valence-electron chi connectivity index (χ0n) is 11.6. The number of carbonyl (C=O) groups is 2. The molecule has 0 aliphatic rings. The summed E-state index contributed by atoms with van der Waals surface area (Å²) in [6.07, 6.45) is -0.229. The number of Topliss-reactive ketones (excluding diaryl/α,β-unsaturated/α-hetero) is 1. The molecule has 0 aliphatic heterocycles. The van der Waals surface area contributed by atoms with Crippen LogP contribution in [0.25, 0.3) is 0 Å². The second-order valence-corrected chi connectivity index (χ2v) is 4.71. The molecule has 22 heavy (non-hydrogen) atoms. The number of carbonyl (C=O) groups excluding carboxylic acids is 2. The van der Waals surface area contributed by atoms with Gasteiger partial charge in [-0.2, -0.15) is 0 Å². The van der Waals surface area contributed by atoms with Gasteiger partial charge in [-0.3, -0.25) is 14.6 Å². The average Bonchev–Trinajstić information content (AvgIpc) is 2.50. The normalized spacial score (nSPS) is 10.3. The number of ketones is 1. The lowest BCUT2D eigenvalue weighted by atomic mass is 10.1. The predicted octanol–water partition coefficient (Wildman–Crippen LogP) is 1.42. The number of H-pyrrole nitrogens is 1. The summed E-state index contributed by atoms with van der Waals surface area (Å²) in [5.74, 6) is -1.38. The molecule has 1 N–H and O–H groups in total. The van der Waals surface area contributed by atoms with Crippen molar-refractivity contribution in [1.82, 2.24) is 15.2 Å². The molecule has 0 aliphatic carbocycles. The second kappa shape index (κ2) is 6.95. The fourth-order valence-corrected chi connectivity index (χ4v) is 1.78. The SMILES string of the molecule is CCOC(=O)c1nnc(CC(=O)c2ccc(Cl)cc2)c(=O)[nH]1. The van der Waals surface area contributed by atoms with E-state index in [1.165, 1.54) is 0 Å². The van der Waals surface area contributed by atoms with Crippen LogP contribution in [0.3, 0.4) is 0 Å². The van der Waals surface area contributed by atoms with E-state index in [1.54, 1.807) is 31.2 Å². The third-order valence-corrected chi connectivity index (χ3v) is 2.98. The lowest BCUT2D eigenvalue weighted by Crippen LogP contribution is -2.24. The fraction of sp³-hybridized carbons (Fsp3) is 0.214. The van der Waals surface area contributed by atoms with E-state index in [0.717, 1.165) is 0 Å². The largest absolute Gasteiger partial charge is 0.460 e. The summed E-state index contributed by atoms with van der Waals surface area (Å²) in [6.45, 7) is 1.78. The molecular weight excluding hydrogens is 310 g/mol. The molecular formula is C14H12ClN3O4. The van der Waals surface area contributed by atoms with Gasteiger partial charge in [0.1, 0.15) is 5.69 Å². The van der Waals surface area contributed by atoms with Gasteiger partial charge in [0.15, 0.2) is 5.78 Å². The van der Waals surface area contributed by atoms with Crippen molar-refractivity contribution < 1.29 is 14.3 Å². The van der Waals surface area contributed by atoms with E-state index in [0.29, 0.717) is 10.6 Å². The van der Waals surface area contributed by atoms with Crippen molar-refractivity contribution in [1.29, 1.82) is 0 Å². The monoisotopic (exact) mass is 321 g/mol. The molecule has 0 saturated heterocycles. The van der Waals surface area contributed by atoms with Crippen molar-refractivity contribution in [3.63, 3.8) is 0 Å². The van der Waals surface area contributed by atoms with Crippen molar-refractivity contribution in [3.05, 3.63) is 56.7 Å². The van der Waals surface area contributed by atoms with Gasteiger partial charge in [-0.05, 0) is 31.2 Å². The van der Waals surface area contributed by atoms with Gasteiger partial charge >= 0.3 is 5.97 Å². The molecule has 7 nitrogen and oxygen atoms in total. The van der Waals surface area contributed by atoms with Crippen molar-refractivity contribution >= 4 is 23.4 Å². The molecule has 0 unspecified atom stereocenters. The Balaban J connectivity index is 2.16. The van der Waals surface area contributed by atoms with Crippen LogP contribution in [-0.4, -0.2) is 33.5 Å². The van der Waals surface area contributed by atoms with Crippen LogP contribution in [0, 0.1) is 0 Å². The van der Waals surface area contributed by atoms with Gasteiger partial charge in [0.05, 0.1) is 13.0 Å². The zero-order valence-corrected chi connectivity index (χ0v) is 12.4. The first-order valence-corrected chi connectivity index (χ1v) is 6.80. The third kappa shape index (κ3) is 3.76. The average molecular weight is 322 g/mol. The fourth-order valence-electron chi connectivity index (χ4n) is 1.66. The lowest BCUT2D eigenvalue weighted by Gasteiger charge is -2.02. The minimum Gasteiger partial charge on any atom is -0.460 e. The highest BCUT2D eigenvalue weighted by atomic mass is 35.5. The highest BCUT2D eigenvalue weighted by Gasteiger charge is 2.15. The number of benzene rings is 1. The minimum absolute atomic E-state index is 0.0759. The Morgan fingerprint density at radius 2 is 1.91 bits per heavy atom. The Hall–Kier alpha value is -2.54. The molecule has 0 radical (unpaired) electrons. The first-order valence-electron chi connectivity index (χ1n) is 6.43. The molecule has 0 saturated carbocycles. The third-order valence-electron chi connectivity index (χ3n) is 2.73. The summed E-state index contributed by atoms with van der Waals surface area (Å²) < 4.78 is 4.69. The van der Waals surface area contributed by atoms with Crippen molar-refractivity contribution in [2.24, 2.45) is 0 Å². The van der Waals surface area contributed by atoms with E-state index < -0.39 is 11.5 Å². The topological polar surface area (TPSA) is 102 Å². The number of hydrogen-bond donors (Lipinski definition) is 1. The molecule has 0 spiro atoms. The zero-order chi connectivity index (χ0) is 16.1. The molecule has 2 aromatic rings. The number of nitrogens with zero attached hydrogens (tertiary/aromatic N) is 2. The van der Waals surface area contributed by atoms with Crippen LogP contribution >= 0.6 is 11.6 Å². The standard InChI is InChI=1S/C14H12ClN3O4/c1-2-22-14(21)12-16-13(20)10(17-18-12)7-11(19)8-3-5-9(15)6-4-8/h3-6H,2,7H2,1H3,(H,16,18,20). The van der Waals surface area contributed by atoms with Gasteiger partial charge < -0.3 is 4.74 Å². The molecule has 1 aromatic carbocycles. The van der Waals surface area contributed by atoms with Crippen LogP contribution in [0.5, 0.6) is 0 Å². The van der Waals surface area contributed by atoms with Gasteiger partial charge in [-0.1, -0.05) is 11.6 Å². The van der Waals surface area contributed by atoms with Crippen LogP contribution in [0.4, 0.5) is 0 Å². The van der Waals surface area contributed by atoms with Gasteiger partial charge in [0.25, 0.3) is 5.56 Å². The maximum atomic E-state index is 12.0. The van der Waals surface area contributed by atoms with Crippen molar-refractivity contribution in [3.8, 4) is 0 Å². The lowest BCUT2D eigenvalue weighted by molar-refractivity contribution is 0.0509. The maximum Gasteiger partial charge on any atom is 0.376 e. The molecule has 114 valence electrons. The van der Waals surface area contributed by atoms with E-state index in [-0.39, 0.29) is 30.3 Å². The number of nitrogens with one attached hydrogen (secondary N) is 1. The van der Waals surface area contributed by atoms with E-state index in [2.05, 4.69) is 15.2 Å². The summed E-state index contributed by atoms with van der Waals surface area (Å²) >= 11 is 5.74. The Kier molecular flexibility index (Phi) is 5.00. The number of aromatic amines is 1. The van der Waals surface area contributed by atoms with Gasteiger partial charge in [0.2, 0.25) is 5.82 Å². The molecule has 1 heterocycles. The number of ether oxygens (including phenoxy) is 1. The summed E-state index contributed by atoms with van der Waals surface area (Å²) in [6, 6.07) is 6.27. The van der Waals surface area contributed by atoms with Gasteiger partial charge in [-0.25, -0.2) is 4.79 Å². The Bertz CT molecular complexity index is 755. The van der Waals surface area contributed by atoms with Crippen LogP contribution in [0.15, 0.2) is 29.1 Å². The van der Waals surface area contributed by atoms with Crippen LogP contribution in [0.2, 0.25) is 5.02 Å². The number of halogens is 1. The molecule has 2 rings (SSSR count). The van der Waals surface area contributed by atoms with E-state index >= 15 is 0 Å². The Labute approximate surface area is 130 Å². The first-order chi connectivity index (χ1) is 10.5. The summed E-state index contributed by atoms with van der Waals surface area (Å²) in [7, 11) is 0. The summed E-state index contributed by atoms with van der Waals surface area (Å²) in [5, 5.41) is 7.70. The molecule has 0 bridgehead atoms. The molecule has 0 fully saturated rings. The number of esters is 1. The van der Waals surface area contributed by atoms with Crippen LogP contribution < -0.4 is 5.56 Å². The quantitative estimate of drug-likeness (QED) is 0.660. The van der Waals surface area contributed by atoms with Crippen LogP contribution in [-0.2, 0) is 11.2 Å². The Morgan fingerprint density at radius 3 is 2.50 bits per heavy atom. The Morgan fingerprint density at radius 1 is 1.23 bits per heavy atom. The van der Waals surface area contributed by atoms with Crippen LogP contribution in [0.1, 0.15) is 33.6 Å². The highest BCUT2D eigenvalue weighted by Crippen LogP contribution is 2.11. The maximum absolute atomic E-state index is 12.0. The van der Waals surface area contributed by atoms with E-state index in [4.69, 9.17) is 16.3 Å². The number of aromatic nitrogens is 3. The molecule has 1 aromatic heterocycles. The number of hydrogen-bond acceptors (Lipinski definition) is 6. The highest BCUT2D eigenvalue weighted by molar-refractivity contribution is 6.30. The summed E-state index contributed by atoms with van der Waals surface area (Å²) in [5.41, 5.74) is -0.326. The number of rotatable bonds is 5. The predicted molar refractivity (Wildman–Crippen MR) is 78.1 cm³/mol. The molecule has 0 amide bonds. The van der Waals surface area contributed by atoms with Crippen molar-refractivity contribution in [2.45, 2.75) is 13.3 Å². The van der Waals surface area contributed by atoms with E-state index in [9.17, 15) is 14.4 Å². The molecule has 0 atom stereocenters. The smallest absolute Gasteiger partial charge is 0.376 e. The minimum atomic E-state index is -0.775. The van der Waals surface area contributed by atoms with Crippen molar-refractivity contribution in [2.75, 3.05) is 6.61 Å².